The van der Waals surface area contributed by atoms with Crippen LogP contribution in [-0.4, -0.2) is 9.52 Å². The van der Waals surface area contributed by atoms with Gasteiger partial charge in [0.1, 0.15) is 0 Å². The molecule has 4 heteroatoms. The van der Waals surface area contributed by atoms with Crippen molar-refractivity contribution >= 4 is 48.1 Å². The molecule has 0 nitrogen and oxygen atoms in total. The van der Waals surface area contributed by atoms with Gasteiger partial charge in [-0.1, -0.05) is 122 Å². The van der Waals surface area contributed by atoms with E-state index < -0.39 is 20.8 Å². The van der Waals surface area contributed by atoms with Crippen LogP contribution in [0.3, 0.4) is 0 Å². The molecular formula is C44H52Cl2SiZr. The van der Waals surface area contributed by atoms with Gasteiger partial charge < -0.3 is 0 Å². The van der Waals surface area contributed by atoms with Crippen LogP contribution in [0.4, 0.5) is 0 Å². The van der Waals surface area contributed by atoms with Crippen LogP contribution < -0.4 is 0 Å². The summed E-state index contributed by atoms with van der Waals surface area (Å²) in [5.41, 5.74) is 16.7. The number of hydrogen-bond donors (Lipinski definition) is 0. The van der Waals surface area contributed by atoms with E-state index in [9.17, 15) is 0 Å². The van der Waals surface area contributed by atoms with Crippen molar-refractivity contribution in [1.82, 2.24) is 0 Å². The molecule has 0 spiro atoms. The molecule has 0 amide bonds. The summed E-state index contributed by atoms with van der Waals surface area (Å²) in [6.07, 6.45) is 4.35. The Bertz CT molecular complexity index is 1730. The molecule has 0 bridgehead atoms. The molecule has 250 valence electrons. The van der Waals surface area contributed by atoms with Crippen LogP contribution in [0.25, 0.3) is 43.8 Å². The van der Waals surface area contributed by atoms with Crippen molar-refractivity contribution in [3.8, 4) is 22.3 Å². The predicted molar refractivity (Wildman–Crippen MR) is 216 cm³/mol. The Morgan fingerprint density at radius 2 is 0.833 bits per heavy atom. The molecule has 48 heavy (non-hydrogen) atoms. The molecule has 0 heterocycles. The Morgan fingerprint density at radius 1 is 0.521 bits per heavy atom. The molecule has 0 aromatic heterocycles. The molecule has 0 aliphatic carbocycles. The molecule has 0 atom stereocenters. The predicted octanol–water partition coefficient (Wildman–Crippen LogP) is 14.1. The van der Waals surface area contributed by atoms with Crippen LogP contribution in [-0.2, 0) is 46.5 Å². The molecule has 2 radical (unpaired) electrons. The van der Waals surface area contributed by atoms with Gasteiger partial charge in [-0.2, -0.15) is 12.1 Å². The van der Waals surface area contributed by atoms with E-state index in [-0.39, 0.29) is 0 Å². The molecular weight excluding hydrogens is 719 g/mol. The second-order valence-electron chi connectivity index (χ2n) is 12.7. The average Bonchev–Trinajstić information content (AvgIpc) is 3.68. The van der Waals surface area contributed by atoms with Crippen LogP contribution in [0.2, 0.25) is 13.1 Å². The molecule has 6 aromatic carbocycles. The summed E-state index contributed by atoms with van der Waals surface area (Å²) in [4.78, 5) is 0. The fourth-order valence-corrected chi connectivity index (χ4v) is 6.70. The molecule has 0 fully saturated rings. The molecule has 6 rings (SSSR count). The van der Waals surface area contributed by atoms with Crippen molar-refractivity contribution in [2.75, 3.05) is 0 Å². The van der Waals surface area contributed by atoms with E-state index in [1.54, 1.807) is 0 Å². The molecule has 0 saturated heterocycles. The third-order valence-electron chi connectivity index (χ3n) is 8.67. The van der Waals surface area contributed by atoms with Crippen LogP contribution in [0.15, 0.2) is 84.9 Å². The summed E-state index contributed by atoms with van der Waals surface area (Å²) in [5.74, 6) is 0. The first-order chi connectivity index (χ1) is 23.1. The quantitative estimate of drug-likeness (QED) is 0.117. The SMILES string of the molecule is CCc1cc2c(-c3cc(C)cc(C)c3)c(CC)ccc2[cH-]1.CCc1cc2c(-c3cc(C)cc(C)c3)c(CC)ccc2[cH-]1.C[Si]C.[Cl][Zr+2][Cl]. The van der Waals surface area contributed by atoms with Crippen LogP contribution in [0.1, 0.15) is 72.2 Å². The van der Waals surface area contributed by atoms with Gasteiger partial charge in [-0.05, 0) is 64.5 Å². The van der Waals surface area contributed by atoms with Gasteiger partial charge >= 0.3 is 37.9 Å². The Morgan fingerprint density at radius 3 is 1.10 bits per heavy atom. The average molecular weight is 771 g/mol. The zero-order valence-electron chi connectivity index (χ0n) is 30.7. The standard InChI is InChI=1S/2C21H23.C2H6Si.2ClH.Zr/c2*1-5-16-12-18-8-7-17(6-2)21(20(18)13-16)19-10-14(3)9-15(4)11-19;1-3-2;;;/h2*7-13H,5-6H2,1-4H3;1-2H3;2*1H;/q2*-1;;;;+4/p-2. The maximum absolute atomic E-state index is 4.93. The van der Waals surface area contributed by atoms with Crippen molar-refractivity contribution in [2.24, 2.45) is 0 Å². The van der Waals surface area contributed by atoms with Gasteiger partial charge in [0.2, 0.25) is 0 Å². The van der Waals surface area contributed by atoms with Crippen molar-refractivity contribution in [3.05, 3.63) is 129 Å². The number of halogens is 2. The van der Waals surface area contributed by atoms with Crippen molar-refractivity contribution in [1.29, 1.82) is 0 Å². The van der Waals surface area contributed by atoms with E-state index in [1.165, 1.54) is 88.3 Å². The zero-order chi connectivity index (χ0) is 35.4. The molecule has 0 saturated carbocycles. The number of benzene rings is 4. The Hall–Kier alpha value is -2.22. The first-order valence-electron chi connectivity index (χ1n) is 17.2. The number of hydrogen-bond acceptors (Lipinski definition) is 0. The van der Waals surface area contributed by atoms with Gasteiger partial charge in [-0.15, -0.1) is 69.1 Å². The monoisotopic (exact) mass is 768 g/mol. The second-order valence-corrected chi connectivity index (χ2v) is 17.4. The molecule has 0 unspecified atom stereocenters. The first-order valence-corrected chi connectivity index (χ1v) is 25.5. The summed E-state index contributed by atoms with van der Waals surface area (Å²) in [7, 11) is 11.0. The molecule has 0 aliphatic heterocycles. The van der Waals surface area contributed by atoms with Gasteiger partial charge in [0, 0.05) is 9.52 Å². The number of fused-ring (bicyclic) bond motifs is 2. The maximum atomic E-state index is 4.93. The zero-order valence-corrected chi connectivity index (χ0v) is 35.6. The van der Waals surface area contributed by atoms with E-state index in [0.717, 1.165) is 35.2 Å². The van der Waals surface area contributed by atoms with Crippen LogP contribution in [0, 0.1) is 27.7 Å². The van der Waals surface area contributed by atoms with E-state index in [4.69, 9.17) is 17.0 Å². The van der Waals surface area contributed by atoms with Crippen LogP contribution >= 0.6 is 17.0 Å². The Kier molecular flexibility index (Phi) is 16.6. The van der Waals surface area contributed by atoms with Crippen LogP contribution in [0.5, 0.6) is 0 Å². The minimum atomic E-state index is -0.826. The summed E-state index contributed by atoms with van der Waals surface area (Å²) in [6.45, 7) is 22.0. The summed E-state index contributed by atoms with van der Waals surface area (Å²) in [6, 6.07) is 32.3. The van der Waals surface area contributed by atoms with E-state index in [0.29, 0.717) is 0 Å². The van der Waals surface area contributed by atoms with E-state index in [1.807, 2.05) is 0 Å². The third kappa shape index (κ3) is 10.4. The third-order valence-corrected chi connectivity index (χ3v) is 8.67. The van der Waals surface area contributed by atoms with Crippen molar-refractivity contribution < 1.29 is 20.8 Å². The van der Waals surface area contributed by atoms with Gasteiger partial charge in [0.25, 0.3) is 0 Å². The summed E-state index contributed by atoms with van der Waals surface area (Å²) in [5, 5.41) is 5.57. The minimum absolute atomic E-state index is 0.826. The van der Waals surface area contributed by atoms with E-state index in [2.05, 4.69) is 153 Å². The van der Waals surface area contributed by atoms with E-state index >= 15 is 0 Å². The Labute approximate surface area is 312 Å². The molecule has 0 aliphatic rings. The van der Waals surface area contributed by atoms with Crippen molar-refractivity contribution in [2.45, 2.75) is 94.2 Å². The fraction of sp³-hybridized carbons (Fsp3) is 0.318. The molecule has 0 N–H and O–H groups in total. The summed E-state index contributed by atoms with van der Waals surface area (Å²) < 4.78 is 0. The first kappa shape index (κ1) is 40.2. The number of aryl methyl sites for hydroxylation is 8. The normalized spacial score (nSPS) is 10.4. The topological polar surface area (TPSA) is 0 Å². The van der Waals surface area contributed by atoms with Gasteiger partial charge in [0.05, 0.1) is 0 Å². The van der Waals surface area contributed by atoms with Gasteiger partial charge in [-0.25, -0.2) is 0 Å². The second kappa shape index (κ2) is 19.8. The van der Waals surface area contributed by atoms with Gasteiger partial charge in [0.15, 0.2) is 0 Å². The van der Waals surface area contributed by atoms with Gasteiger partial charge in [-0.3, -0.25) is 0 Å². The molecule has 6 aromatic rings. The summed E-state index contributed by atoms with van der Waals surface area (Å²) >= 11 is -0.826. The fourth-order valence-electron chi connectivity index (χ4n) is 6.70. The van der Waals surface area contributed by atoms with Crippen molar-refractivity contribution in [3.63, 3.8) is 0 Å². The number of rotatable bonds is 6. The Balaban J connectivity index is 0.000000224.